The quantitative estimate of drug-likeness (QED) is 0.885. The summed E-state index contributed by atoms with van der Waals surface area (Å²) in [7, 11) is 0. The lowest BCUT2D eigenvalue weighted by Crippen LogP contribution is -2.35. The van der Waals surface area contributed by atoms with Crippen molar-refractivity contribution >= 4 is 11.6 Å². The van der Waals surface area contributed by atoms with Crippen LogP contribution in [0.3, 0.4) is 0 Å². The number of rotatable bonds is 5. The van der Waals surface area contributed by atoms with Crippen molar-refractivity contribution in [3.63, 3.8) is 0 Å². The van der Waals surface area contributed by atoms with Crippen LogP contribution in [0.25, 0.3) is 0 Å². The molecule has 0 unspecified atom stereocenters. The molecular formula is C15H21ClFNO. The van der Waals surface area contributed by atoms with Gasteiger partial charge in [-0.2, -0.15) is 0 Å². The van der Waals surface area contributed by atoms with Gasteiger partial charge in [0.1, 0.15) is 5.82 Å². The van der Waals surface area contributed by atoms with E-state index < -0.39 is 0 Å². The van der Waals surface area contributed by atoms with Crippen molar-refractivity contribution in [1.82, 2.24) is 5.32 Å². The Bertz CT molecular complexity index is 385. The van der Waals surface area contributed by atoms with Crippen LogP contribution >= 0.6 is 11.6 Å². The van der Waals surface area contributed by atoms with Crippen molar-refractivity contribution in [3.8, 4) is 0 Å². The topological polar surface area (TPSA) is 21.3 Å². The Morgan fingerprint density at radius 2 is 2.05 bits per heavy atom. The summed E-state index contributed by atoms with van der Waals surface area (Å²) in [4.78, 5) is 0. The minimum atomic E-state index is -0.283. The van der Waals surface area contributed by atoms with E-state index in [4.69, 9.17) is 16.3 Å². The molecular weight excluding hydrogens is 265 g/mol. The van der Waals surface area contributed by atoms with Gasteiger partial charge in [0, 0.05) is 16.6 Å². The van der Waals surface area contributed by atoms with Gasteiger partial charge in [0.05, 0.1) is 12.7 Å². The maximum absolute atomic E-state index is 13.6. The largest absolute Gasteiger partial charge is 0.373 e. The van der Waals surface area contributed by atoms with Crippen LogP contribution in [0.2, 0.25) is 5.02 Å². The van der Waals surface area contributed by atoms with Crippen molar-refractivity contribution in [2.45, 2.75) is 51.4 Å². The Kier molecular flexibility index (Phi) is 5.61. The second-order valence-electron chi connectivity index (χ2n) is 5.04. The SMILES string of the molecule is CCNC1CCC(OCc2c(F)cccc2Cl)CC1. The summed E-state index contributed by atoms with van der Waals surface area (Å²) in [5, 5.41) is 3.91. The molecule has 106 valence electrons. The van der Waals surface area contributed by atoms with Crippen LogP contribution in [0.5, 0.6) is 0 Å². The summed E-state index contributed by atoms with van der Waals surface area (Å²) in [6.07, 6.45) is 4.55. The van der Waals surface area contributed by atoms with E-state index >= 15 is 0 Å². The third-order valence-electron chi connectivity index (χ3n) is 3.69. The second-order valence-corrected chi connectivity index (χ2v) is 5.45. The smallest absolute Gasteiger partial charge is 0.130 e. The molecule has 1 aromatic carbocycles. The van der Waals surface area contributed by atoms with Crippen molar-refractivity contribution in [2.75, 3.05) is 6.54 Å². The Morgan fingerprint density at radius 3 is 2.68 bits per heavy atom. The lowest BCUT2D eigenvalue weighted by Gasteiger charge is -2.29. The monoisotopic (exact) mass is 285 g/mol. The lowest BCUT2D eigenvalue weighted by atomic mass is 9.93. The van der Waals surface area contributed by atoms with Crippen LogP contribution in [0.15, 0.2) is 18.2 Å². The number of hydrogen-bond acceptors (Lipinski definition) is 2. The van der Waals surface area contributed by atoms with Gasteiger partial charge < -0.3 is 10.1 Å². The Balaban J connectivity index is 1.81. The van der Waals surface area contributed by atoms with E-state index in [1.165, 1.54) is 6.07 Å². The molecule has 0 aliphatic heterocycles. The fourth-order valence-corrected chi connectivity index (χ4v) is 2.81. The molecule has 1 saturated carbocycles. The minimum absolute atomic E-state index is 0.227. The maximum Gasteiger partial charge on any atom is 0.130 e. The molecule has 1 fully saturated rings. The third-order valence-corrected chi connectivity index (χ3v) is 4.05. The normalized spacial score (nSPS) is 23.5. The molecule has 0 aromatic heterocycles. The van der Waals surface area contributed by atoms with Crippen LogP contribution in [-0.2, 0) is 11.3 Å². The molecule has 0 atom stereocenters. The van der Waals surface area contributed by atoms with Crippen LogP contribution in [0.1, 0.15) is 38.2 Å². The van der Waals surface area contributed by atoms with Crippen LogP contribution < -0.4 is 5.32 Å². The zero-order chi connectivity index (χ0) is 13.7. The molecule has 2 rings (SSSR count). The molecule has 2 nitrogen and oxygen atoms in total. The van der Waals surface area contributed by atoms with Crippen LogP contribution in [-0.4, -0.2) is 18.7 Å². The summed E-state index contributed by atoms with van der Waals surface area (Å²) in [5.74, 6) is -0.283. The third kappa shape index (κ3) is 4.16. The van der Waals surface area contributed by atoms with Crippen LogP contribution in [0.4, 0.5) is 4.39 Å². The minimum Gasteiger partial charge on any atom is -0.373 e. The predicted octanol–water partition coefficient (Wildman–Crippen LogP) is 3.92. The zero-order valence-electron chi connectivity index (χ0n) is 11.3. The first kappa shape index (κ1) is 14.8. The molecule has 0 spiro atoms. The number of hydrogen-bond donors (Lipinski definition) is 1. The standard InChI is InChI=1S/C15H21ClFNO/c1-2-18-11-6-8-12(9-7-11)19-10-13-14(16)4-3-5-15(13)17/h3-5,11-12,18H,2,6-10H2,1H3. The van der Waals surface area contributed by atoms with Gasteiger partial charge >= 0.3 is 0 Å². The first-order valence-corrected chi connectivity index (χ1v) is 7.36. The average molecular weight is 286 g/mol. The molecule has 1 aliphatic rings. The first-order chi connectivity index (χ1) is 9.20. The van der Waals surface area contributed by atoms with Crippen LogP contribution in [0, 0.1) is 5.82 Å². The highest BCUT2D eigenvalue weighted by molar-refractivity contribution is 6.31. The lowest BCUT2D eigenvalue weighted by molar-refractivity contribution is 0.0103. The van der Waals surface area contributed by atoms with E-state index in [0.29, 0.717) is 16.6 Å². The van der Waals surface area contributed by atoms with Gasteiger partial charge in [-0.3, -0.25) is 0 Å². The van der Waals surface area contributed by atoms with E-state index in [1.807, 2.05) is 0 Å². The fraction of sp³-hybridized carbons (Fsp3) is 0.600. The molecule has 4 heteroatoms. The zero-order valence-corrected chi connectivity index (χ0v) is 12.0. The van der Waals surface area contributed by atoms with E-state index in [0.717, 1.165) is 32.2 Å². The van der Waals surface area contributed by atoms with E-state index in [1.54, 1.807) is 12.1 Å². The summed E-state index contributed by atoms with van der Waals surface area (Å²) >= 11 is 5.98. The summed E-state index contributed by atoms with van der Waals surface area (Å²) in [6, 6.07) is 5.35. The van der Waals surface area contributed by atoms with E-state index in [9.17, 15) is 4.39 Å². The summed E-state index contributed by atoms with van der Waals surface area (Å²) in [6.45, 7) is 3.41. The highest BCUT2D eigenvalue weighted by Crippen LogP contribution is 2.25. The van der Waals surface area contributed by atoms with Gasteiger partial charge in [-0.05, 0) is 44.4 Å². The molecule has 0 saturated heterocycles. The van der Waals surface area contributed by atoms with Gasteiger partial charge in [-0.25, -0.2) is 4.39 Å². The van der Waals surface area contributed by atoms with E-state index in [-0.39, 0.29) is 18.5 Å². The molecule has 1 N–H and O–H groups in total. The van der Waals surface area contributed by atoms with Crippen molar-refractivity contribution < 1.29 is 9.13 Å². The van der Waals surface area contributed by atoms with Gasteiger partial charge in [-0.15, -0.1) is 0 Å². The molecule has 0 amide bonds. The van der Waals surface area contributed by atoms with Gasteiger partial charge in [0.15, 0.2) is 0 Å². The van der Waals surface area contributed by atoms with Crippen molar-refractivity contribution in [1.29, 1.82) is 0 Å². The fourth-order valence-electron chi connectivity index (χ4n) is 2.59. The predicted molar refractivity (Wildman–Crippen MR) is 75.9 cm³/mol. The van der Waals surface area contributed by atoms with Gasteiger partial charge in [-0.1, -0.05) is 24.6 Å². The summed E-state index contributed by atoms with van der Waals surface area (Å²) < 4.78 is 19.4. The Morgan fingerprint density at radius 1 is 1.32 bits per heavy atom. The average Bonchev–Trinajstić information content (AvgIpc) is 2.40. The van der Waals surface area contributed by atoms with E-state index in [2.05, 4.69) is 12.2 Å². The number of nitrogens with one attached hydrogen (secondary N) is 1. The highest BCUT2D eigenvalue weighted by Gasteiger charge is 2.21. The molecule has 0 radical (unpaired) electrons. The molecule has 1 aromatic rings. The Labute approximate surface area is 119 Å². The first-order valence-electron chi connectivity index (χ1n) is 6.98. The highest BCUT2D eigenvalue weighted by atomic mass is 35.5. The number of ether oxygens (including phenoxy) is 1. The number of halogens is 2. The molecule has 0 heterocycles. The number of benzene rings is 1. The molecule has 19 heavy (non-hydrogen) atoms. The van der Waals surface area contributed by atoms with Gasteiger partial charge in [0.25, 0.3) is 0 Å². The Hall–Kier alpha value is -0.640. The molecule has 1 aliphatic carbocycles. The summed E-state index contributed by atoms with van der Waals surface area (Å²) in [5.41, 5.74) is 0.470. The van der Waals surface area contributed by atoms with Crippen molar-refractivity contribution in [3.05, 3.63) is 34.6 Å². The molecule has 0 bridgehead atoms. The maximum atomic E-state index is 13.6. The van der Waals surface area contributed by atoms with Crippen molar-refractivity contribution in [2.24, 2.45) is 0 Å². The van der Waals surface area contributed by atoms with Gasteiger partial charge in [0.2, 0.25) is 0 Å². The second kappa shape index (κ2) is 7.22.